The highest BCUT2D eigenvalue weighted by atomic mass is 16.5. The van der Waals surface area contributed by atoms with Gasteiger partial charge in [-0.2, -0.15) is 0 Å². The van der Waals surface area contributed by atoms with Gasteiger partial charge in [0, 0.05) is 12.1 Å². The van der Waals surface area contributed by atoms with E-state index in [1.165, 1.54) is 0 Å². The van der Waals surface area contributed by atoms with Crippen LogP contribution in [0, 0.1) is 5.41 Å². The summed E-state index contributed by atoms with van der Waals surface area (Å²) >= 11 is 0. The van der Waals surface area contributed by atoms with Gasteiger partial charge in [-0.25, -0.2) is 0 Å². The Kier molecular flexibility index (Phi) is 6.12. The molecule has 0 aromatic heterocycles. The smallest absolute Gasteiger partial charge is 0.315 e. The number of aliphatic imine (C=N–C) groups is 1. The second-order valence-corrected chi connectivity index (χ2v) is 6.21. The summed E-state index contributed by atoms with van der Waals surface area (Å²) in [5, 5.41) is 9.83. The van der Waals surface area contributed by atoms with Crippen LogP contribution < -0.4 is 0 Å². The van der Waals surface area contributed by atoms with Crippen molar-refractivity contribution in [1.82, 2.24) is 0 Å². The van der Waals surface area contributed by atoms with Gasteiger partial charge in [0.05, 0.1) is 12.6 Å². The summed E-state index contributed by atoms with van der Waals surface area (Å²) in [5.74, 6) is -1.23. The summed E-state index contributed by atoms with van der Waals surface area (Å²) in [6.45, 7) is 4.03. The number of aliphatic carboxylic acids is 1. The lowest BCUT2D eigenvalue weighted by atomic mass is 9.80. The highest BCUT2D eigenvalue weighted by Gasteiger charge is 2.47. The third kappa shape index (κ3) is 4.02. The summed E-state index contributed by atoms with van der Waals surface area (Å²) in [5.41, 5.74) is 0.729. The number of ether oxygens (including phenoxy) is 1. The fourth-order valence-corrected chi connectivity index (χ4v) is 3.32. The molecule has 5 heteroatoms. The first-order valence-electron chi connectivity index (χ1n) is 8.50. The molecule has 130 valence electrons. The summed E-state index contributed by atoms with van der Waals surface area (Å²) in [4.78, 5) is 28.4. The Bertz CT molecular complexity index is 611. The van der Waals surface area contributed by atoms with Crippen LogP contribution in [0.2, 0.25) is 0 Å². The van der Waals surface area contributed by atoms with Crippen LogP contribution in [0.5, 0.6) is 0 Å². The molecule has 24 heavy (non-hydrogen) atoms. The molecule has 1 aromatic carbocycles. The Hall–Kier alpha value is -2.17. The summed E-state index contributed by atoms with van der Waals surface area (Å²) in [7, 11) is 0. The van der Waals surface area contributed by atoms with Crippen LogP contribution in [0.25, 0.3) is 0 Å². The van der Waals surface area contributed by atoms with Gasteiger partial charge in [-0.1, -0.05) is 30.3 Å². The molecule has 1 fully saturated rings. The average Bonchev–Trinajstić information content (AvgIpc) is 2.98. The Morgan fingerprint density at radius 1 is 1.33 bits per heavy atom. The third-order valence-corrected chi connectivity index (χ3v) is 4.67. The Morgan fingerprint density at radius 3 is 2.67 bits per heavy atom. The van der Waals surface area contributed by atoms with Crippen LogP contribution in [0.1, 0.15) is 57.6 Å². The molecule has 0 bridgehead atoms. The predicted molar refractivity (Wildman–Crippen MR) is 92.1 cm³/mol. The van der Waals surface area contributed by atoms with E-state index in [4.69, 9.17) is 9.73 Å². The molecule has 1 aliphatic carbocycles. The second-order valence-electron chi connectivity index (χ2n) is 6.21. The van der Waals surface area contributed by atoms with E-state index in [1.807, 2.05) is 37.3 Å². The first kappa shape index (κ1) is 18.2. The number of rotatable bonds is 7. The van der Waals surface area contributed by atoms with Crippen molar-refractivity contribution < 1.29 is 19.4 Å². The van der Waals surface area contributed by atoms with E-state index in [1.54, 1.807) is 6.92 Å². The molecule has 0 aliphatic heterocycles. The van der Waals surface area contributed by atoms with E-state index in [0.717, 1.165) is 12.0 Å². The molecule has 1 aromatic rings. The lowest BCUT2D eigenvalue weighted by Gasteiger charge is -2.25. The van der Waals surface area contributed by atoms with Gasteiger partial charge in [0.1, 0.15) is 5.41 Å². The maximum absolute atomic E-state index is 12.0. The fraction of sp³-hybridized carbons (Fsp3) is 0.526. The lowest BCUT2D eigenvalue weighted by molar-refractivity contribution is -0.147. The molecule has 1 N–H and O–H groups in total. The first-order valence-corrected chi connectivity index (χ1v) is 8.50. The molecule has 0 radical (unpaired) electrons. The van der Waals surface area contributed by atoms with E-state index >= 15 is 0 Å². The van der Waals surface area contributed by atoms with Crippen LogP contribution in [0.3, 0.4) is 0 Å². The number of nitrogens with zero attached hydrogens (tertiary/aromatic N) is 1. The van der Waals surface area contributed by atoms with Crippen molar-refractivity contribution in [2.24, 2.45) is 10.4 Å². The van der Waals surface area contributed by atoms with E-state index in [2.05, 4.69) is 0 Å². The van der Waals surface area contributed by atoms with Crippen molar-refractivity contribution in [3.8, 4) is 0 Å². The van der Waals surface area contributed by atoms with E-state index in [0.29, 0.717) is 25.2 Å². The van der Waals surface area contributed by atoms with Gasteiger partial charge >= 0.3 is 11.9 Å². The third-order valence-electron chi connectivity index (χ3n) is 4.67. The van der Waals surface area contributed by atoms with E-state index in [9.17, 15) is 14.7 Å². The standard InChI is InChI=1S/C19H25NO4/c1-3-24-17(21)11-13-19(18(22)23)12-7-10-16(19)20-14(2)15-8-5-4-6-9-15/h4-6,8-9,14H,3,7,10-13H2,1-2H3,(H,22,23)/b20-16+/t14?,19-/m0/s1. The summed E-state index contributed by atoms with van der Waals surface area (Å²) in [6.07, 6.45) is 2.35. The largest absolute Gasteiger partial charge is 0.481 e. The minimum absolute atomic E-state index is 0.0966. The maximum atomic E-state index is 12.0. The first-order chi connectivity index (χ1) is 11.5. The summed E-state index contributed by atoms with van der Waals surface area (Å²) < 4.78 is 4.94. The zero-order valence-corrected chi connectivity index (χ0v) is 14.3. The summed E-state index contributed by atoms with van der Waals surface area (Å²) in [6, 6.07) is 9.73. The molecule has 0 spiro atoms. The highest BCUT2D eigenvalue weighted by molar-refractivity contribution is 6.07. The van der Waals surface area contributed by atoms with Crippen LogP contribution in [0.15, 0.2) is 35.3 Å². The molecular formula is C19H25NO4. The Labute approximate surface area is 142 Å². The van der Waals surface area contributed by atoms with Crippen LogP contribution in [-0.4, -0.2) is 29.4 Å². The molecule has 2 rings (SSSR count). The second kappa shape index (κ2) is 8.08. The van der Waals surface area contributed by atoms with Gasteiger partial charge in [0.2, 0.25) is 0 Å². The van der Waals surface area contributed by atoms with Gasteiger partial charge in [0.25, 0.3) is 0 Å². The number of esters is 1. The number of carboxylic acids is 1. The topological polar surface area (TPSA) is 76.0 Å². The quantitative estimate of drug-likeness (QED) is 0.771. The van der Waals surface area contributed by atoms with Crippen molar-refractivity contribution in [1.29, 1.82) is 0 Å². The number of carbonyl (C=O) groups is 2. The average molecular weight is 331 g/mol. The van der Waals surface area contributed by atoms with Crippen LogP contribution in [-0.2, 0) is 14.3 Å². The molecule has 2 atom stereocenters. The SMILES string of the molecule is CCOC(=O)CC[C@@]1(C(=O)O)CCC/C1=N\C(C)c1ccccc1. The van der Waals surface area contributed by atoms with Crippen molar-refractivity contribution in [3.63, 3.8) is 0 Å². The number of benzene rings is 1. The number of hydrogen-bond donors (Lipinski definition) is 1. The molecule has 0 saturated heterocycles. The van der Waals surface area contributed by atoms with Gasteiger partial charge in [-0.3, -0.25) is 14.6 Å². The van der Waals surface area contributed by atoms with E-state index < -0.39 is 11.4 Å². The van der Waals surface area contributed by atoms with Crippen molar-refractivity contribution in [2.75, 3.05) is 6.61 Å². The fourth-order valence-electron chi connectivity index (χ4n) is 3.32. The van der Waals surface area contributed by atoms with Gasteiger partial charge in [-0.15, -0.1) is 0 Å². The van der Waals surface area contributed by atoms with E-state index in [-0.39, 0.29) is 24.9 Å². The normalized spacial score (nSPS) is 23.2. The zero-order valence-electron chi connectivity index (χ0n) is 14.3. The minimum atomic E-state index is -1.03. The number of carboxylic acid groups (broad SMARTS) is 1. The minimum Gasteiger partial charge on any atom is -0.481 e. The van der Waals surface area contributed by atoms with Gasteiger partial charge in [0.15, 0.2) is 0 Å². The van der Waals surface area contributed by atoms with Crippen molar-refractivity contribution in [3.05, 3.63) is 35.9 Å². The number of hydrogen-bond acceptors (Lipinski definition) is 4. The molecule has 1 saturated carbocycles. The van der Waals surface area contributed by atoms with Crippen molar-refractivity contribution in [2.45, 2.75) is 52.0 Å². The monoisotopic (exact) mass is 331 g/mol. The molecule has 1 aliphatic rings. The van der Waals surface area contributed by atoms with Crippen molar-refractivity contribution >= 4 is 17.7 Å². The van der Waals surface area contributed by atoms with Gasteiger partial charge < -0.3 is 9.84 Å². The Balaban J connectivity index is 2.21. The lowest BCUT2D eigenvalue weighted by Crippen LogP contribution is -2.36. The Morgan fingerprint density at radius 2 is 2.04 bits per heavy atom. The van der Waals surface area contributed by atoms with Gasteiger partial charge in [-0.05, 0) is 45.1 Å². The molecule has 0 amide bonds. The van der Waals surface area contributed by atoms with Crippen LogP contribution >= 0.6 is 0 Å². The van der Waals surface area contributed by atoms with Crippen LogP contribution in [0.4, 0.5) is 0 Å². The molecule has 0 heterocycles. The maximum Gasteiger partial charge on any atom is 0.315 e. The molecule has 5 nitrogen and oxygen atoms in total. The molecule has 1 unspecified atom stereocenters. The zero-order chi connectivity index (χ0) is 17.6. The predicted octanol–water partition coefficient (Wildman–Crippen LogP) is 3.79. The molecular weight excluding hydrogens is 306 g/mol. The highest BCUT2D eigenvalue weighted by Crippen LogP contribution is 2.41. The number of carbonyl (C=O) groups excluding carboxylic acids is 1.